The number of nitrogens with two attached hydrogens (primary N) is 1. The molecule has 0 aromatic heterocycles. The van der Waals surface area contributed by atoms with Crippen molar-refractivity contribution in [1.29, 1.82) is 0 Å². The molecule has 1 aromatic rings. The van der Waals surface area contributed by atoms with E-state index in [1.54, 1.807) is 0 Å². The van der Waals surface area contributed by atoms with Gasteiger partial charge in [-0.25, -0.2) is 0 Å². The minimum Gasteiger partial charge on any atom is -0.271 e. The molecule has 0 saturated heterocycles. The van der Waals surface area contributed by atoms with Crippen molar-refractivity contribution >= 4 is 0 Å². The van der Waals surface area contributed by atoms with E-state index in [2.05, 4.69) is 49.6 Å². The third kappa shape index (κ3) is 2.28. The molecular weight excluding hydrogens is 196 g/mol. The highest BCUT2D eigenvalue weighted by molar-refractivity contribution is 5.26. The second-order valence-corrected chi connectivity index (χ2v) is 4.99. The Hall–Kier alpha value is -0.860. The van der Waals surface area contributed by atoms with Gasteiger partial charge in [0, 0.05) is 6.04 Å². The van der Waals surface area contributed by atoms with Crippen molar-refractivity contribution in [2.45, 2.75) is 38.6 Å². The Bertz CT molecular complexity index is 323. The van der Waals surface area contributed by atoms with Crippen LogP contribution in [0.25, 0.3) is 0 Å². The van der Waals surface area contributed by atoms with Crippen molar-refractivity contribution in [3.8, 4) is 0 Å². The zero-order valence-corrected chi connectivity index (χ0v) is 10.2. The number of hydrazine groups is 1. The molecule has 0 aliphatic heterocycles. The quantitative estimate of drug-likeness (QED) is 0.589. The Morgan fingerprint density at radius 1 is 1.38 bits per heavy atom. The second-order valence-electron chi connectivity index (χ2n) is 4.99. The van der Waals surface area contributed by atoms with E-state index < -0.39 is 0 Å². The van der Waals surface area contributed by atoms with Gasteiger partial charge in [0.25, 0.3) is 0 Å². The van der Waals surface area contributed by atoms with Gasteiger partial charge in [-0.1, -0.05) is 50.6 Å². The van der Waals surface area contributed by atoms with Crippen molar-refractivity contribution < 1.29 is 0 Å². The number of hydrogen-bond donors (Lipinski definition) is 2. The van der Waals surface area contributed by atoms with Crippen molar-refractivity contribution in [1.82, 2.24) is 5.43 Å². The largest absolute Gasteiger partial charge is 0.271 e. The van der Waals surface area contributed by atoms with Crippen molar-refractivity contribution in [3.63, 3.8) is 0 Å². The van der Waals surface area contributed by atoms with E-state index in [4.69, 9.17) is 5.84 Å². The molecule has 1 saturated carbocycles. The molecule has 4 atom stereocenters. The van der Waals surface area contributed by atoms with E-state index >= 15 is 0 Å². The lowest BCUT2D eigenvalue weighted by Gasteiger charge is -2.22. The first kappa shape index (κ1) is 11.6. The lowest BCUT2D eigenvalue weighted by Crippen LogP contribution is -2.41. The van der Waals surface area contributed by atoms with E-state index in [0.29, 0.717) is 12.0 Å². The van der Waals surface area contributed by atoms with E-state index in [-0.39, 0.29) is 0 Å². The van der Waals surface area contributed by atoms with Crippen LogP contribution < -0.4 is 11.3 Å². The molecule has 3 N–H and O–H groups in total. The van der Waals surface area contributed by atoms with Gasteiger partial charge in [0.1, 0.15) is 0 Å². The van der Waals surface area contributed by atoms with Crippen LogP contribution >= 0.6 is 0 Å². The highest BCUT2D eigenvalue weighted by atomic mass is 15.2. The van der Waals surface area contributed by atoms with Crippen LogP contribution in [0, 0.1) is 11.8 Å². The van der Waals surface area contributed by atoms with E-state index in [1.807, 2.05) is 0 Å². The molecule has 2 heteroatoms. The molecule has 4 unspecified atom stereocenters. The Morgan fingerprint density at radius 3 is 2.62 bits per heavy atom. The lowest BCUT2D eigenvalue weighted by atomic mass is 9.93. The monoisotopic (exact) mass is 218 g/mol. The van der Waals surface area contributed by atoms with Crippen LogP contribution in [0.15, 0.2) is 30.3 Å². The fourth-order valence-corrected chi connectivity index (χ4v) is 2.66. The first-order valence-corrected chi connectivity index (χ1v) is 6.29. The molecule has 0 bridgehead atoms. The smallest absolute Gasteiger partial charge is 0.0270 e. The minimum atomic E-state index is 0.468. The normalized spacial score (nSPS) is 27.4. The maximum atomic E-state index is 5.68. The Balaban J connectivity index is 2.00. The van der Waals surface area contributed by atoms with Crippen molar-refractivity contribution in [2.24, 2.45) is 17.7 Å². The maximum Gasteiger partial charge on any atom is 0.0270 e. The van der Waals surface area contributed by atoms with Crippen LogP contribution in [0.1, 0.15) is 38.2 Å². The summed E-state index contributed by atoms with van der Waals surface area (Å²) in [7, 11) is 0. The molecular formula is C14H22N2. The summed E-state index contributed by atoms with van der Waals surface area (Å²) in [5.74, 6) is 7.78. The molecule has 1 aliphatic carbocycles. The van der Waals surface area contributed by atoms with Gasteiger partial charge >= 0.3 is 0 Å². The summed E-state index contributed by atoms with van der Waals surface area (Å²) < 4.78 is 0. The fourth-order valence-electron chi connectivity index (χ4n) is 2.66. The standard InChI is InChI=1S/C14H22N2/c1-3-10(2)14(16-15)13-9-12(13)11-7-5-4-6-8-11/h4-8,10,12-14,16H,3,9,15H2,1-2H3. The summed E-state index contributed by atoms with van der Waals surface area (Å²) in [6.07, 6.45) is 2.47. The Morgan fingerprint density at radius 2 is 2.06 bits per heavy atom. The molecule has 16 heavy (non-hydrogen) atoms. The van der Waals surface area contributed by atoms with Gasteiger partial charge in [-0.15, -0.1) is 0 Å². The number of hydrogen-bond acceptors (Lipinski definition) is 2. The average molecular weight is 218 g/mol. The highest BCUT2D eigenvalue weighted by Gasteiger charge is 2.44. The lowest BCUT2D eigenvalue weighted by molar-refractivity contribution is 0.333. The van der Waals surface area contributed by atoms with E-state index in [0.717, 1.165) is 11.8 Å². The molecule has 1 aliphatic rings. The molecule has 0 spiro atoms. The summed E-state index contributed by atoms with van der Waals surface area (Å²) in [6.45, 7) is 4.51. The van der Waals surface area contributed by atoms with Crippen LogP contribution in [-0.4, -0.2) is 6.04 Å². The minimum absolute atomic E-state index is 0.468. The molecule has 88 valence electrons. The van der Waals surface area contributed by atoms with Crippen molar-refractivity contribution in [3.05, 3.63) is 35.9 Å². The first-order chi connectivity index (χ1) is 7.77. The van der Waals surface area contributed by atoms with Gasteiger partial charge in [-0.2, -0.15) is 0 Å². The zero-order chi connectivity index (χ0) is 11.5. The summed E-state index contributed by atoms with van der Waals surface area (Å²) in [5.41, 5.74) is 4.48. The third-order valence-corrected chi connectivity index (χ3v) is 3.98. The average Bonchev–Trinajstić information content (AvgIpc) is 3.11. The van der Waals surface area contributed by atoms with Crippen molar-refractivity contribution in [2.75, 3.05) is 0 Å². The topological polar surface area (TPSA) is 38.0 Å². The second kappa shape index (κ2) is 4.98. The molecule has 2 nitrogen and oxygen atoms in total. The number of rotatable bonds is 5. The van der Waals surface area contributed by atoms with Crippen LogP contribution in [0.4, 0.5) is 0 Å². The molecule has 1 aromatic carbocycles. The maximum absolute atomic E-state index is 5.68. The summed E-state index contributed by atoms with van der Waals surface area (Å²) in [4.78, 5) is 0. The Labute approximate surface area is 98.2 Å². The van der Waals surface area contributed by atoms with Crippen LogP contribution in [-0.2, 0) is 0 Å². The highest BCUT2D eigenvalue weighted by Crippen LogP contribution is 2.50. The Kier molecular flexibility index (Phi) is 3.62. The van der Waals surface area contributed by atoms with Gasteiger partial charge in [-0.05, 0) is 29.7 Å². The molecule has 1 fully saturated rings. The van der Waals surface area contributed by atoms with Crippen LogP contribution in [0.2, 0.25) is 0 Å². The number of benzene rings is 1. The van der Waals surface area contributed by atoms with E-state index in [1.165, 1.54) is 18.4 Å². The first-order valence-electron chi connectivity index (χ1n) is 6.29. The fraction of sp³-hybridized carbons (Fsp3) is 0.571. The summed E-state index contributed by atoms with van der Waals surface area (Å²) in [6, 6.07) is 11.3. The van der Waals surface area contributed by atoms with Gasteiger partial charge in [-0.3, -0.25) is 11.3 Å². The molecule has 0 radical (unpaired) electrons. The van der Waals surface area contributed by atoms with Gasteiger partial charge < -0.3 is 0 Å². The van der Waals surface area contributed by atoms with Crippen LogP contribution in [0.3, 0.4) is 0 Å². The summed E-state index contributed by atoms with van der Waals surface area (Å²) in [5, 5.41) is 0. The molecule has 0 heterocycles. The van der Waals surface area contributed by atoms with E-state index in [9.17, 15) is 0 Å². The van der Waals surface area contributed by atoms with Gasteiger partial charge in [0.05, 0.1) is 0 Å². The predicted octanol–water partition coefficient (Wildman–Crippen LogP) is 2.67. The zero-order valence-electron chi connectivity index (χ0n) is 10.2. The SMILES string of the molecule is CCC(C)C(NN)C1CC1c1ccccc1. The van der Waals surface area contributed by atoms with Crippen LogP contribution in [0.5, 0.6) is 0 Å². The molecule has 0 amide bonds. The van der Waals surface area contributed by atoms with Gasteiger partial charge in [0.15, 0.2) is 0 Å². The third-order valence-electron chi connectivity index (χ3n) is 3.98. The summed E-state index contributed by atoms with van der Waals surface area (Å²) >= 11 is 0. The molecule has 2 rings (SSSR count). The predicted molar refractivity (Wildman–Crippen MR) is 67.9 cm³/mol. The van der Waals surface area contributed by atoms with Gasteiger partial charge in [0.2, 0.25) is 0 Å². The number of nitrogens with one attached hydrogen (secondary N) is 1.